The van der Waals surface area contributed by atoms with Crippen molar-refractivity contribution in [2.75, 3.05) is 20.3 Å². The molecule has 128 valence electrons. The Morgan fingerprint density at radius 1 is 1.22 bits per heavy atom. The van der Waals surface area contributed by atoms with Gasteiger partial charge < -0.3 is 15.4 Å². The minimum absolute atomic E-state index is 0.169. The van der Waals surface area contributed by atoms with Crippen LogP contribution in [0, 0.1) is 5.92 Å². The van der Waals surface area contributed by atoms with E-state index < -0.39 is 6.04 Å². The first-order chi connectivity index (χ1) is 10.9. The summed E-state index contributed by atoms with van der Waals surface area (Å²) in [6, 6.07) is 6.03. The van der Waals surface area contributed by atoms with Crippen molar-refractivity contribution in [3.8, 4) is 0 Å². The van der Waals surface area contributed by atoms with Crippen LogP contribution in [0.5, 0.6) is 0 Å². The van der Waals surface area contributed by atoms with Crippen molar-refractivity contribution in [1.29, 1.82) is 0 Å². The van der Waals surface area contributed by atoms with E-state index in [9.17, 15) is 9.59 Å². The molecule has 1 aromatic rings. The van der Waals surface area contributed by atoms with E-state index in [0.29, 0.717) is 30.2 Å². The second-order valence-electron chi connectivity index (χ2n) is 5.80. The Morgan fingerprint density at radius 3 is 2.43 bits per heavy atom. The summed E-state index contributed by atoms with van der Waals surface area (Å²) in [6.07, 6.45) is 1.32. The van der Waals surface area contributed by atoms with Gasteiger partial charge in [-0.1, -0.05) is 25.4 Å². The van der Waals surface area contributed by atoms with Crippen LogP contribution in [0.4, 0.5) is 0 Å². The van der Waals surface area contributed by atoms with Crippen LogP contribution in [0.3, 0.4) is 0 Å². The van der Waals surface area contributed by atoms with E-state index in [-0.39, 0.29) is 17.7 Å². The molecule has 0 aliphatic heterocycles. The third kappa shape index (κ3) is 7.48. The summed E-state index contributed by atoms with van der Waals surface area (Å²) in [5, 5.41) is 6.20. The summed E-state index contributed by atoms with van der Waals surface area (Å²) < 4.78 is 4.95. The van der Waals surface area contributed by atoms with Crippen LogP contribution in [0.25, 0.3) is 0 Å². The van der Waals surface area contributed by atoms with E-state index >= 15 is 0 Å². The maximum atomic E-state index is 12.3. The number of benzene rings is 1. The second-order valence-corrected chi connectivity index (χ2v) is 6.24. The van der Waals surface area contributed by atoms with Gasteiger partial charge in [0.25, 0.3) is 5.91 Å². The monoisotopic (exact) mass is 340 g/mol. The molecule has 1 atom stereocenters. The number of nitrogens with one attached hydrogen (secondary N) is 2. The largest absolute Gasteiger partial charge is 0.385 e. The molecule has 0 radical (unpaired) electrons. The zero-order valence-corrected chi connectivity index (χ0v) is 14.7. The average Bonchev–Trinajstić information content (AvgIpc) is 2.50. The Hall–Kier alpha value is -1.59. The van der Waals surface area contributed by atoms with Crippen molar-refractivity contribution < 1.29 is 14.3 Å². The summed E-state index contributed by atoms with van der Waals surface area (Å²) in [4.78, 5) is 24.5. The molecule has 0 aliphatic rings. The van der Waals surface area contributed by atoms with E-state index in [1.54, 1.807) is 31.4 Å². The summed E-state index contributed by atoms with van der Waals surface area (Å²) >= 11 is 5.82. The fraction of sp³-hybridized carbons (Fsp3) is 0.529. The highest BCUT2D eigenvalue weighted by Crippen LogP contribution is 2.11. The molecule has 0 aromatic heterocycles. The Morgan fingerprint density at radius 2 is 1.87 bits per heavy atom. The van der Waals surface area contributed by atoms with E-state index in [2.05, 4.69) is 10.6 Å². The summed E-state index contributed by atoms with van der Waals surface area (Å²) in [5.41, 5.74) is 0.482. The van der Waals surface area contributed by atoms with Gasteiger partial charge in [-0.3, -0.25) is 9.59 Å². The normalized spacial score (nSPS) is 12.0. The minimum atomic E-state index is -0.555. The first-order valence-corrected chi connectivity index (χ1v) is 8.15. The maximum Gasteiger partial charge on any atom is 0.251 e. The summed E-state index contributed by atoms with van der Waals surface area (Å²) in [5.74, 6) is -0.160. The molecule has 6 heteroatoms. The van der Waals surface area contributed by atoms with Crippen molar-refractivity contribution in [3.63, 3.8) is 0 Å². The van der Waals surface area contributed by atoms with Crippen LogP contribution in [-0.4, -0.2) is 38.1 Å². The number of carbonyl (C=O) groups is 2. The topological polar surface area (TPSA) is 67.4 Å². The predicted octanol–water partition coefficient (Wildman–Crippen LogP) is 2.64. The predicted molar refractivity (Wildman–Crippen MR) is 91.7 cm³/mol. The van der Waals surface area contributed by atoms with Gasteiger partial charge in [0.15, 0.2) is 0 Å². The van der Waals surface area contributed by atoms with E-state index in [1.807, 2.05) is 13.8 Å². The van der Waals surface area contributed by atoms with Crippen LogP contribution in [-0.2, 0) is 9.53 Å². The number of rotatable bonds is 9. The van der Waals surface area contributed by atoms with E-state index in [1.165, 1.54) is 0 Å². The molecule has 0 heterocycles. The molecule has 2 amide bonds. The average molecular weight is 341 g/mol. The Balaban J connectivity index is 2.64. The highest BCUT2D eigenvalue weighted by molar-refractivity contribution is 6.30. The molecular formula is C17H25ClN2O3. The summed E-state index contributed by atoms with van der Waals surface area (Å²) in [7, 11) is 1.62. The first-order valence-electron chi connectivity index (χ1n) is 7.77. The van der Waals surface area contributed by atoms with Gasteiger partial charge in [0.05, 0.1) is 0 Å². The van der Waals surface area contributed by atoms with Crippen molar-refractivity contribution in [2.24, 2.45) is 5.92 Å². The number of hydrogen-bond donors (Lipinski definition) is 2. The van der Waals surface area contributed by atoms with Crippen LogP contribution >= 0.6 is 11.6 Å². The van der Waals surface area contributed by atoms with Gasteiger partial charge in [-0.05, 0) is 43.0 Å². The zero-order chi connectivity index (χ0) is 17.2. The molecule has 1 aromatic carbocycles. The lowest BCUT2D eigenvalue weighted by Gasteiger charge is -2.20. The van der Waals surface area contributed by atoms with Gasteiger partial charge >= 0.3 is 0 Å². The van der Waals surface area contributed by atoms with Crippen LogP contribution < -0.4 is 10.6 Å². The fourth-order valence-corrected chi connectivity index (χ4v) is 2.22. The quantitative estimate of drug-likeness (QED) is 0.679. The highest BCUT2D eigenvalue weighted by atomic mass is 35.5. The molecule has 0 unspecified atom stereocenters. The zero-order valence-electron chi connectivity index (χ0n) is 13.9. The van der Waals surface area contributed by atoms with Crippen molar-refractivity contribution in [1.82, 2.24) is 10.6 Å². The first kappa shape index (κ1) is 19.5. The van der Waals surface area contributed by atoms with Gasteiger partial charge in [-0.15, -0.1) is 0 Å². The Labute approximate surface area is 142 Å². The SMILES string of the molecule is COCCCNC(=O)[C@@H](CC(C)C)NC(=O)c1ccc(Cl)cc1. The van der Waals surface area contributed by atoms with Crippen LogP contribution in [0.1, 0.15) is 37.0 Å². The molecule has 23 heavy (non-hydrogen) atoms. The lowest BCUT2D eigenvalue weighted by molar-refractivity contribution is -0.123. The molecule has 1 rings (SSSR count). The third-order valence-corrected chi connectivity index (χ3v) is 3.51. The lowest BCUT2D eigenvalue weighted by atomic mass is 10.0. The van der Waals surface area contributed by atoms with Crippen LogP contribution in [0.15, 0.2) is 24.3 Å². The second kappa shape index (κ2) is 10.2. The van der Waals surface area contributed by atoms with Gasteiger partial charge in [-0.2, -0.15) is 0 Å². The molecule has 0 saturated carbocycles. The number of halogens is 1. The number of carbonyl (C=O) groups excluding carboxylic acids is 2. The third-order valence-electron chi connectivity index (χ3n) is 3.26. The molecule has 0 spiro atoms. The Bertz CT molecular complexity index is 503. The molecule has 0 aliphatic carbocycles. The number of hydrogen-bond acceptors (Lipinski definition) is 3. The van der Waals surface area contributed by atoms with Crippen molar-refractivity contribution >= 4 is 23.4 Å². The van der Waals surface area contributed by atoms with Crippen molar-refractivity contribution in [3.05, 3.63) is 34.9 Å². The molecule has 0 saturated heterocycles. The molecule has 5 nitrogen and oxygen atoms in total. The summed E-state index contributed by atoms with van der Waals surface area (Å²) in [6.45, 7) is 5.14. The number of ether oxygens (including phenoxy) is 1. The smallest absolute Gasteiger partial charge is 0.251 e. The lowest BCUT2D eigenvalue weighted by Crippen LogP contribution is -2.47. The van der Waals surface area contributed by atoms with E-state index in [0.717, 1.165) is 6.42 Å². The van der Waals surface area contributed by atoms with Gasteiger partial charge in [0.2, 0.25) is 5.91 Å². The Kier molecular flexibility index (Phi) is 8.66. The molecule has 0 bridgehead atoms. The molecule has 2 N–H and O–H groups in total. The highest BCUT2D eigenvalue weighted by Gasteiger charge is 2.22. The standard InChI is InChI=1S/C17H25ClN2O3/c1-12(2)11-15(17(22)19-9-4-10-23-3)20-16(21)13-5-7-14(18)8-6-13/h5-8,12,15H,4,9-11H2,1-3H3,(H,19,22)(H,20,21)/t15-/m1/s1. The maximum absolute atomic E-state index is 12.3. The van der Waals surface area contributed by atoms with Crippen LogP contribution in [0.2, 0.25) is 5.02 Å². The fourth-order valence-electron chi connectivity index (χ4n) is 2.10. The number of amides is 2. The van der Waals surface area contributed by atoms with Gasteiger partial charge in [0, 0.05) is 30.8 Å². The molecular weight excluding hydrogens is 316 g/mol. The van der Waals surface area contributed by atoms with Gasteiger partial charge in [-0.25, -0.2) is 0 Å². The van der Waals surface area contributed by atoms with E-state index in [4.69, 9.17) is 16.3 Å². The van der Waals surface area contributed by atoms with Gasteiger partial charge in [0.1, 0.15) is 6.04 Å². The minimum Gasteiger partial charge on any atom is -0.385 e. The molecule has 0 fully saturated rings. The van der Waals surface area contributed by atoms with Crippen molar-refractivity contribution in [2.45, 2.75) is 32.7 Å². The number of methoxy groups -OCH3 is 1.